The number of nitrogens with zero attached hydrogens (tertiary/aromatic N) is 7. The molecular formula is C25H37N9O2. The molecule has 194 valence electrons. The molecule has 2 aliphatic heterocycles. The summed E-state index contributed by atoms with van der Waals surface area (Å²) in [4.78, 5) is 23.0. The molecule has 2 aliphatic rings. The highest BCUT2D eigenvalue weighted by Gasteiger charge is 2.20. The summed E-state index contributed by atoms with van der Waals surface area (Å²) < 4.78 is 8.25. The van der Waals surface area contributed by atoms with Crippen molar-refractivity contribution in [2.45, 2.75) is 45.4 Å². The van der Waals surface area contributed by atoms with Gasteiger partial charge in [-0.1, -0.05) is 0 Å². The number of piperazine rings is 1. The fourth-order valence-electron chi connectivity index (χ4n) is 4.85. The van der Waals surface area contributed by atoms with Crippen molar-refractivity contribution in [2.24, 2.45) is 0 Å². The van der Waals surface area contributed by atoms with Crippen molar-refractivity contribution in [2.75, 3.05) is 62.6 Å². The monoisotopic (exact) mass is 495 g/mol. The molecule has 0 saturated carbocycles. The van der Waals surface area contributed by atoms with Gasteiger partial charge in [0.1, 0.15) is 29.6 Å². The lowest BCUT2D eigenvalue weighted by atomic mass is 10.1. The van der Waals surface area contributed by atoms with Crippen LogP contribution in [-0.2, 0) is 11.3 Å². The zero-order valence-corrected chi connectivity index (χ0v) is 21.2. The van der Waals surface area contributed by atoms with Crippen LogP contribution in [0.5, 0.6) is 0 Å². The Morgan fingerprint density at radius 2 is 1.92 bits per heavy atom. The quantitative estimate of drug-likeness (QED) is 0.380. The second kappa shape index (κ2) is 11.5. The average Bonchev–Trinajstić information content (AvgIpc) is 3.26. The first-order valence-corrected chi connectivity index (χ1v) is 13.0. The summed E-state index contributed by atoms with van der Waals surface area (Å²) in [6.07, 6.45) is 4.80. The Kier molecular flexibility index (Phi) is 7.90. The molecule has 2 saturated heterocycles. The molecule has 36 heavy (non-hydrogen) atoms. The first-order chi connectivity index (χ1) is 17.6. The van der Waals surface area contributed by atoms with Crippen LogP contribution in [0.4, 0.5) is 17.6 Å². The Labute approximate surface area is 211 Å². The van der Waals surface area contributed by atoms with Gasteiger partial charge in [0.15, 0.2) is 0 Å². The van der Waals surface area contributed by atoms with Gasteiger partial charge in [0.2, 0.25) is 5.95 Å². The van der Waals surface area contributed by atoms with Gasteiger partial charge in [-0.2, -0.15) is 4.98 Å². The molecule has 0 aromatic carbocycles. The molecule has 0 aliphatic carbocycles. The third-order valence-corrected chi connectivity index (χ3v) is 6.80. The van der Waals surface area contributed by atoms with Crippen LogP contribution in [0.25, 0.3) is 11.0 Å². The molecule has 3 aromatic heterocycles. The van der Waals surface area contributed by atoms with E-state index in [4.69, 9.17) is 9.72 Å². The van der Waals surface area contributed by atoms with Gasteiger partial charge in [0, 0.05) is 64.1 Å². The average molecular weight is 496 g/mol. The smallest absolute Gasteiger partial charge is 0.227 e. The normalized spacial score (nSPS) is 17.8. The van der Waals surface area contributed by atoms with Gasteiger partial charge in [0.25, 0.3) is 0 Å². The van der Waals surface area contributed by atoms with Crippen molar-refractivity contribution in [1.82, 2.24) is 34.7 Å². The number of ether oxygens (including phenoxy) is 1. The molecule has 0 unspecified atom stereocenters. The van der Waals surface area contributed by atoms with E-state index in [0.717, 1.165) is 75.5 Å². The summed E-state index contributed by atoms with van der Waals surface area (Å²) in [5.41, 5.74) is 1.87. The Hall–Kier alpha value is -2.86. The third-order valence-electron chi connectivity index (χ3n) is 6.80. The SMILES string of the molecule is CC(C)n1c(COCCN2CCNCC2)nc2cnc(Nc3ccnc(N4CCC(O)CC4)n3)cc21. The summed E-state index contributed by atoms with van der Waals surface area (Å²) >= 11 is 0. The molecule has 5 heterocycles. The summed E-state index contributed by atoms with van der Waals surface area (Å²) in [5.74, 6) is 2.97. The Morgan fingerprint density at radius 1 is 1.11 bits per heavy atom. The van der Waals surface area contributed by atoms with Gasteiger partial charge in [-0.25, -0.2) is 15.0 Å². The highest BCUT2D eigenvalue weighted by molar-refractivity contribution is 5.79. The minimum atomic E-state index is -0.230. The van der Waals surface area contributed by atoms with Crippen LogP contribution in [0.3, 0.4) is 0 Å². The molecule has 3 N–H and O–H groups in total. The topological polar surface area (TPSA) is 116 Å². The number of aliphatic hydroxyl groups is 1. The molecular weight excluding hydrogens is 458 g/mol. The number of aliphatic hydroxyl groups excluding tert-OH is 1. The van der Waals surface area contributed by atoms with Gasteiger partial charge in [0.05, 0.1) is 24.4 Å². The highest BCUT2D eigenvalue weighted by Crippen LogP contribution is 2.25. The number of anilines is 3. The molecule has 0 spiro atoms. The number of hydrogen-bond donors (Lipinski definition) is 3. The summed E-state index contributed by atoms with van der Waals surface area (Å²) in [7, 11) is 0. The minimum Gasteiger partial charge on any atom is -0.393 e. The predicted molar refractivity (Wildman–Crippen MR) is 140 cm³/mol. The molecule has 3 aromatic rings. The zero-order valence-electron chi connectivity index (χ0n) is 21.2. The second-order valence-corrected chi connectivity index (χ2v) is 9.78. The number of imidazole rings is 1. The maximum atomic E-state index is 9.78. The molecule has 0 radical (unpaired) electrons. The number of piperidine rings is 1. The number of hydrogen-bond acceptors (Lipinski definition) is 10. The number of nitrogens with one attached hydrogen (secondary N) is 2. The lowest BCUT2D eigenvalue weighted by molar-refractivity contribution is 0.0828. The van der Waals surface area contributed by atoms with E-state index in [-0.39, 0.29) is 12.1 Å². The first kappa shape index (κ1) is 24.8. The maximum Gasteiger partial charge on any atom is 0.227 e. The fraction of sp³-hybridized carbons (Fsp3) is 0.600. The summed E-state index contributed by atoms with van der Waals surface area (Å²) in [5, 5.41) is 16.5. The van der Waals surface area contributed by atoms with Gasteiger partial charge >= 0.3 is 0 Å². The van der Waals surface area contributed by atoms with Crippen LogP contribution in [0.2, 0.25) is 0 Å². The van der Waals surface area contributed by atoms with Gasteiger partial charge in [-0.05, 0) is 32.8 Å². The van der Waals surface area contributed by atoms with E-state index in [2.05, 4.69) is 53.8 Å². The maximum absolute atomic E-state index is 9.78. The van der Waals surface area contributed by atoms with E-state index < -0.39 is 0 Å². The highest BCUT2D eigenvalue weighted by atomic mass is 16.5. The van der Waals surface area contributed by atoms with Crippen molar-refractivity contribution in [3.8, 4) is 0 Å². The summed E-state index contributed by atoms with van der Waals surface area (Å²) in [6.45, 7) is 12.2. The van der Waals surface area contributed by atoms with Gasteiger partial charge in [-0.3, -0.25) is 4.90 Å². The largest absolute Gasteiger partial charge is 0.393 e. The standard InChI is InChI=1S/C25H37N9O2/c1-18(2)34-21-15-23(30-22-3-6-27-25(31-22)33-9-4-19(35)5-10-33)28-16-20(21)29-24(34)17-36-14-13-32-11-7-26-8-12-32/h3,6,15-16,18-19,26,35H,4-5,7-14,17H2,1-2H3,(H,27,28,30,31). The molecule has 0 atom stereocenters. The zero-order chi connectivity index (χ0) is 24.9. The van der Waals surface area contributed by atoms with E-state index in [0.29, 0.717) is 30.8 Å². The van der Waals surface area contributed by atoms with Crippen LogP contribution in [-0.4, -0.2) is 93.0 Å². The number of pyridine rings is 1. The van der Waals surface area contributed by atoms with Crippen molar-refractivity contribution < 1.29 is 9.84 Å². The van der Waals surface area contributed by atoms with E-state index >= 15 is 0 Å². The van der Waals surface area contributed by atoms with Crippen LogP contribution >= 0.6 is 0 Å². The van der Waals surface area contributed by atoms with Crippen molar-refractivity contribution in [1.29, 1.82) is 0 Å². The summed E-state index contributed by atoms with van der Waals surface area (Å²) in [6, 6.07) is 4.09. The number of rotatable bonds is 9. The molecule has 0 bridgehead atoms. The van der Waals surface area contributed by atoms with Crippen molar-refractivity contribution in [3.05, 3.63) is 30.4 Å². The van der Waals surface area contributed by atoms with Crippen LogP contribution in [0, 0.1) is 0 Å². The fourth-order valence-corrected chi connectivity index (χ4v) is 4.85. The first-order valence-electron chi connectivity index (χ1n) is 13.0. The Morgan fingerprint density at radius 3 is 2.69 bits per heavy atom. The Bertz CT molecular complexity index is 1140. The third kappa shape index (κ3) is 5.92. The second-order valence-electron chi connectivity index (χ2n) is 9.78. The molecule has 5 rings (SSSR count). The minimum absolute atomic E-state index is 0.230. The van der Waals surface area contributed by atoms with E-state index in [1.165, 1.54) is 0 Å². The van der Waals surface area contributed by atoms with E-state index in [9.17, 15) is 5.11 Å². The lowest BCUT2D eigenvalue weighted by Crippen LogP contribution is -2.44. The van der Waals surface area contributed by atoms with Crippen LogP contribution in [0.15, 0.2) is 24.5 Å². The predicted octanol–water partition coefficient (Wildman–Crippen LogP) is 1.93. The Balaban J connectivity index is 1.27. The number of fused-ring (bicyclic) bond motifs is 1. The molecule has 0 amide bonds. The molecule has 11 nitrogen and oxygen atoms in total. The molecule has 2 fully saturated rings. The van der Waals surface area contributed by atoms with Gasteiger partial charge < -0.3 is 29.9 Å². The lowest BCUT2D eigenvalue weighted by Gasteiger charge is -2.29. The van der Waals surface area contributed by atoms with E-state index in [1.807, 2.05) is 12.1 Å². The van der Waals surface area contributed by atoms with Crippen LogP contribution < -0.4 is 15.5 Å². The van der Waals surface area contributed by atoms with Crippen LogP contribution in [0.1, 0.15) is 38.6 Å². The van der Waals surface area contributed by atoms with Gasteiger partial charge in [-0.15, -0.1) is 0 Å². The van der Waals surface area contributed by atoms with Crippen molar-refractivity contribution >= 4 is 28.6 Å². The molecule has 11 heteroatoms. The number of aromatic nitrogens is 5. The van der Waals surface area contributed by atoms with Crippen molar-refractivity contribution in [3.63, 3.8) is 0 Å². The van der Waals surface area contributed by atoms with E-state index in [1.54, 1.807) is 12.4 Å².